The van der Waals surface area contributed by atoms with Gasteiger partial charge in [-0.25, -0.2) is 0 Å². The van der Waals surface area contributed by atoms with Gasteiger partial charge in [-0.3, -0.25) is 4.79 Å². The fourth-order valence-electron chi connectivity index (χ4n) is 3.07. The second-order valence-electron chi connectivity index (χ2n) is 6.23. The van der Waals surface area contributed by atoms with Gasteiger partial charge in [0.1, 0.15) is 18.1 Å². The zero-order chi connectivity index (χ0) is 17.8. The minimum absolute atomic E-state index is 0.121. The highest BCUT2D eigenvalue weighted by molar-refractivity contribution is 7.98. The lowest BCUT2D eigenvalue weighted by atomic mass is 9.95. The molecule has 2 aromatic rings. The highest BCUT2D eigenvalue weighted by Crippen LogP contribution is 2.31. The van der Waals surface area contributed by atoms with E-state index < -0.39 is 0 Å². The van der Waals surface area contributed by atoms with Gasteiger partial charge in [0.2, 0.25) is 5.91 Å². The molecule has 132 valence electrons. The molecule has 3 rings (SSSR count). The maximum absolute atomic E-state index is 12.8. The predicted molar refractivity (Wildman–Crippen MR) is 100 cm³/mol. The SMILES string of the molecule is COc1ccc2c(c1)OC[C@H](C(=O)N(C)Cc1cccc(SC)c1)C2. The first kappa shape index (κ1) is 17.7. The number of carbonyl (C=O) groups is 1. The van der Waals surface area contributed by atoms with E-state index in [-0.39, 0.29) is 11.8 Å². The lowest BCUT2D eigenvalue weighted by Crippen LogP contribution is -2.38. The van der Waals surface area contributed by atoms with Crippen molar-refractivity contribution in [2.45, 2.75) is 17.9 Å². The first-order valence-corrected chi connectivity index (χ1v) is 9.51. The molecule has 1 aliphatic heterocycles. The van der Waals surface area contributed by atoms with Crippen LogP contribution in [0.15, 0.2) is 47.4 Å². The average Bonchev–Trinajstić information content (AvgIpc) is 2.66. The number of hydrogen-bond donors (Lipinski definition) is 0. The third-order valence-corrected chi connectivity index (χ3v) is 5.19. The fraction of sp³-hybridized carbons (Fsp3) is 0.350. The molecule has 1 aliphatic rings. The zero-order valence-corrected chi connectivity index (χ0v) is 15.6. The van der Waals surface area contributed by atoms with E-state index in [1.165, 1.54) is 4.90 Å². The Kier molecular flexibility index (Phi) is 5.53. The highest BCUT2D eigenvalue weighted by atomic mass is 32.2. The Morgan fingerprint density at radius 2 is 2.16 bits per heavy atom. The third-order valence-electron chi connectivity index (χ3n) is 4.46. The van der Waals surface area contributed by atoms with Crippen LogP contribution < -0.4 is 9.47 Å². The van der Waals surface area contributed by atoms with Gasteiger partial charge in [0.05, 0.1) is 13.0 Å². The summed E-state index contributed by atoms with van der Waals surface area (Å²) in [4.78, 5) is 15.8. The Balaban J connectivity index is 1.66. The Morgan fingerprint density at radius 3 is 2.92 bits per heavy atom. The van der Waals surface area contributed by atoms with Gasteiger partial charge in [-0.15, -0.1) is 11.8 Å². The molecule has 4 nitrogen and oxygen atoms in total. The average molecular weight is 357 g/mol. The van der Waals surface area contributed by atoms with Crippen molar-refractivity contribution >= 4 is 17.7 Å². The molecule has 0 spiro atoms. The topological polar surface area (TPSA) is 38.8 Å². The molecule has 1 heterocycles. The summed E-state index contributed by atoms with van der Waals surface area (Å²) < 4.78 is 11.0. The summed E-state index contributed by atoms with van der Waals surface area (Å²) in [6.45, 7) is 1.02. The van der Waals surface area contributed by atoms with Crippen molar-refractivity contribution < 1.29 is 14.3 Å². The summed E-state index contributed by atoms with van der Waals surface area (Å²) in [7, 11) is 3.50. The molecule has 0 saturated heterocycles. The Morgan fingerprint density at radius 1 is 1.32 bits per heavy atom. The van der Waals surface area contributed by atoms with Crippen LogP contribution in [0.3, 0.4) is 0 Å². The molecule has 0 unspecified atom stereocenters. The fourth-order valence-corrected chi connectivity index (χ4v) is 3.56. The third kappa shape index (κ3) is 4.10. The summed E-state index contributed by atoms with van der Waals surface area (Å²) >= 11 is 1.71. The van der Waals surface area contributed by atoms with Gasteiger partial charge in [-0.2, -0.15) is 0 Å². The molecule has 0 saturated carbocycles. The molecule has 0 aliphatic carbocycles. The van der Waals surface area contributed by atoms with Crippen molar-refractivity contribution in [1.82, 2.24) is 4.90 Å². The molecule has 0 fully saturated rings. The summed E-state index contributed by atoms with van der Waals surface area (Å²) in [5.41, 5.74) is 2.20. The molecule has 0 radical (unpaired) electrons. The largest absolute Gasteiger partial charge is 0.497 e. The molecular formula is C20H23NO3S. The van der Waals surface area contributed by atoms with Crippen LogP contribution in [0.25, 0.3) is 0 Å². The number of nitrogens with zero attached hydrogens (tertiary/aromatic N) is 1. The van der Waals surface area contributed by atoms with Crippen LogP contribution in [0.1, 0.15) is 11.1 Å². The Bertz CT molecular complexity index is 762. The van der Waals surface area contributed by atoms with Crippen molar-refractivity contribution in [1.29, 1.82) is 0 Å². The van der Waals surface area contributed by atoms with E-state index in [0.717, 1.165) is 22.6 Å². The van der Waals surface area contributed by atoms with E-state index in [4.69, 9.17) is 9.47 Å². The first-order valence-electron chi connectivity index (χ1n) is 8.28. The van der Waals surface area contributed by atoms with Crippen LogP contribution in [0, 0.1) is 5.92 Å². The minimum atomic E-state index is -0.144. The first-order chi connectivity index (χ1) is 12.1. The number of rotatable bonds is 5. The lowest BCUT2D eigenvalue weighted by molar-refractivity contribution is -0.136. The predicted octanol–water partition coefficient (Wildman–Crippen LogP) is 3.63. The number of benzene rings is 2. The normalized spacial score (nSPS) is 15.9. The highest BCUT2D eigenvalue weighted by Gasteiger charge is 2.28. The van der Waals surface area contributed by atoms with E-state index in [2.05, 4.69) is 24.5 Å². The zero-order valence-electron chi connectivity index (χ0n) is 14.8. The number of carbonyl (C=O) groups excluding carboxylic acids is 1. The van der Waals surface area contributed by atoms with Gasteiger partial charge in [0, 0.05) is 24.6 Å². The number of thioether (sulfide) groups is 1. The number of fused-ring (bicyclic) bond motifs is 1. The van der Waals surface area contributed by atoms with Crippen molar-refractivity contribution in [3.8, 4) is 11.5 Å². The molecule has 0 N–H and O–H groups in total. The molecule has 1 atom stereocenters. The number of ether oxygens (including phenoxy) is 2. The van der Waals surface area contributed by atoms with Crippen LogP contribution in [-0.4, -0.2) is 37.8 Å². The van der Waals surface area contributed by atoms with Gasteiger partial charge in [0.25, 0.3) is 0 Å². The van der Waals surface area contributed by atoms with Gasteiger partial charge >= 0.3 is 0 Å². The molecule has 2 aromatic carbocycles. The smallest absolute Gasteiger partial charge is 0.229 e. The van der Waals surface area contributed by atoms with Gasteiger partial charge in [-0.05, 0) is 42.0 Å². The van der Waals surface area contributed by atoms with E-state index in [0.29, 0.717) is 19.6 Å². The summed E-state index contributed by atoms with van der Waals surface area (Å²) in [5, 5.41) is 0. The van der Waals surface area contributed by atoms with Crippen molar-refractivity contribution in [2.24, 2.45) is 5.92 Å². The second-order valence-corrected chi connectivity index (χ2v) is 7.11. The minimum Gasteiger partial charge on any atom is -0.497 e. The number of hydrogen-bond acceptors (Lipinski definition) is 4. The molecule has 25 heavy (non-hydrogen) atoms. The quantitative estimate of drug-likeness (QED) is 0.766. The summed E-state index contributed by atoms with van der Waals surface area (Å²) in [5.74, 6) is 1.57. The lowest BCUT2D eigenvalue weighted by Gasteiger charge is -2.28. The van der Waals surface area contributed by atoms with Crippen LogP contribution in [0.4, 0.5) is 0 Å². The molecule has 1 amide bonds. The van der Waals surface area contributed by atoms with Gasteiger partial charge in [0.15, 0.2) is 0 Å². The molecule has 0 bridgehead atoms. The van der Waals surface area contributed by atoms with E-state index in [9.17, 15) is 4.79 Å². The standard InChI is InChI=1S/C20H23NO3S/c1-21(12-14-5-4-6-18(9-14)25-3)20(22)16-10-15-7-8-17(23-2)11-19(15)24-13-16/h4-9,11,16H,10,12-13H2,1-3H3/t16-/m1/s1. The second kappa shape index (κ2) is 7.83. The Labute approximate surface area is 153 Å². The van der Waals surface area contributed by atoms with Crippen molar-refractivity contribution in [2.75, 3.05) is 27.0 Å². The summed E-state index contributed by atoms with van der Waals surface area (Å²) in [6, 6.07) is 14.1. The van der Waals surface area contributed by atoms with E-state index >= 15 is 0 Å². The van der Waals surface area contributed by atoms with E-state index in [1.54, 1.807) is 23.8 Å². The maximum Gasteiger partial charge on any atom is 0.229 e. The number of methoxy groups -OCH3 is 1. The van der Waals surface area contributed by atoms with Crippen LogP contribution >= 0.6 is 11.8 Å². The van der Waals surface area contributed by atoms with Gasteiger partial charge in [-0.1, -0.05) is 18.2 Å². The number of amides is 1. The van der Waals surface area contributed by atoms with Gasteiger partial charge < -0.3 is 14.4 Å². The molecule has 0 aromatic heterocycles. The van der Waals surface area contributed by atoms with Crippen molar-refractivity contribution in [3.63, 3.8) is 0 Å². The van der Waals surface area contributed by atoms with E-state index in [1.807, 2.05) is 31.3 Å². The molecule has 5 heteroatoms. The van der Waals surface area contributed by atoms with Crippen LogP contribution in [-0.2, 0) is 17.8 Å². The van der Waals surface area contributed by atoms with Crippen LogP contribution in [0.2, 0.25) is 0 Å². The monoisotopic (exact) mass is 357 g/mol. The summed E-state index contributed by atoms with van der Waals surface area (Å²) in [6.07, 6.45) is 2.76. The maximum atomic E-state index is 12.8. The Hall–Kier alpha value is -2.14. The van der Waals surface area contributed by atoms with Crippen LogP contribution in [0.5, 0.6) is 11.5 Å². The molecular weight excluding hydrogens is 334 g/mol. The van der Waals surface area contributed by atoms with Crippen molar-refractivity contribution in [3.05, 3.63) is 53.6 Å².